The molecule has 0 fully saturated rings. The molecule has 0 atom stereocenters. The molecule has 2 rings (SSSR count). The fourth-order valence-corrected chi connectivity index (χ4v) is 3.02. The second kappa shape index (κ2) is 6.17. The highest BCUT2D eigenvalue weighted by Crippen LogP contribution is 2.12. The van der Waals surface area contributed by atoms with Gasteiger partial charge >= 0.3 is 0 Å². The molecule has 7 heteroatoms. The molecule has 0 radical (unpaired) electrons. The molecule has 0 unspecified atom stereocenters. The molecule has 0 saturated heterocycles. The summed E-state index contributed by atoms with van der Waals surface area (Å²) < 4.78 is 31.8. The highest BCUT2D eigenvalue weighted by Gasteiger charge is 2.17. The van der Waals surface area contributed by atoms with Gasteiger partial charge in [-0.05, 0) is 18.1 Å². The SMILES string of the molecule is COCc1cccc(CNS(=O)(=O)c2cn[nH]c2C)c1. The molecule has 0 aliphatic heterocycles. The van der Waals surface area contributed by atoms with Crippen molar-refractivity contribution < 1.29 is 13.2 Å². The van der Waals surface area contributed by atoms with Crippen molar-refractivity contribution in [2.75, 3.05) is 7.11 Å². The van der Waals surface area contributed by atoms with Crippen molar-refractivity contribution in [2.24, 2.45) is 0 Å². The summed E-state index contributed by atoms with van der Waals surface area (Å²) in [6.45, 7) is 2.40. The Morgan fingerprint density at radius 3 is 2.75 bits per heavy atom. The van der Waals surface area contributed by atoms with Crippen LogP contribution in [0.15, 0.2) is 35.4 Å². The summed E-state index contributed by atoms with van der Waals surface area (Å²) in [7, 11) is -1.92. The van der Waals surface area contributed by atoms with Crippen molar-refractivity contribution in [2.45, 2.75) is 25.0 Å². The minimum atomic E-state index is -3.55. The lowest BCUT2D eigenvalue weighted by Gasteiger charge is -2.07. The first-order valence-electron chi connectivity index (χ1n) is 6.09. The van der Waals surface area contributed by atoms with Crippen molar-refractivity contribution in [1.82, 2.24) is 14.9 Å². The van der Waals surface area contributed by atoms with E-state index in [2.05, 4.69) is 14.9 Å². The first-order valence-corrected chi connectivity index (χ1v) is 7.57. The summed E-state index contributed by atoms with van der Waals surface area (Å²) in [5.41, 5.74) is 2.40. The maximum Gasteiger partial charge on any atom is 0.244 e. The number of benzene rings is 1. The number of rotatable bonds is 6. The number of hydrogen-bond donors (Lipinski definition) is 2. The highest BCUT2D eigenvalue weighted by atomic mass is 32.2. The smallest absolute Gasteiger partial charge is 0.244 e. The van der Waals surface area contributed by atoms with Gasteiger partial charge in [-0.2, -0.15) is 5.10 Å². The number of sulfonamides is 1. The second-order valence-corrected chi connectivity index (χ2v) is 6.17. The van der Waals surface area contributed by atoms with E-state index in [4.69, 9.17) is 4.74 Å². The van der Waals surface area contributed by atoms with Gasteiger partial charge in [-0.1, -0.05) is 24.3 Å². The van der Waals surface area contributed by atoms with E-state index in [1.165, 1.54) is 6.20 Å². The lowest BCUT2D eigenvalue weighted by Crippen LogP contribution is -2.23. The number of H-pyrrole nitrogens is 1. The van der Waals surface area contributed by atoms with Crippen LogP contribution in [0.5, 0.6) is 0 Å². The maximum absolute atomic E-state index is 12.1. The van der Waals surface area contributed by atoms with Gasteiger partial charge in [-0.15, -0.1) is 0 Å². The number of ether oxygens (including phenoxy) is 1. The van der Waals surface area contributed by atoms with Crippen molar-refractivity contribution in [1.29, 1.82) is 0 Å². The van der Waals surface area contributed by atoms with Crippen LogP contribution in [0.25, 0.3) is 0 Å². The zero-order valence-electron chi connectivity index (χ0n) is 11.4. The molecule has 0 spiro atoms. The topological polar surface area (TPSA) is 84.1 Å². The summed E-state index contributed by atoms with van der Waals surface area (Å²) in [4.78, 5) is 0.172. The van der Waals surface area contributed by atoms with Crippen LogP contribution in [0.2, 0.25) is 0 Å². The van der Waals surface area contributed by atoms with Gasteiger partial charge in [0.1, 0.15) is 4.90 Å². The predicted octanol–water partition coefficient (Wildman–Crippen LogP) is 1.34. The summed E-state index contributed by atoms with van der Waals surface area (Å²) >= 11 is 0. The molecule has 1 aromatic carbocycles. The van der Waals surface area contributed by atoms with Crippen LogP contribution in [0.3, 0.4) is 0 Å². The third-order valence-corrected chi connectivity index (χ3v) is 4.36. The number of aromatic amines is 1. The fourth-order valence-electron chi connectivity index (χ4n) is 1.86. The van der Waals surface area contributed by atoms with Gasteiger partial charge in [0.05, 0.1) is 18.5 Å². The van der Waals surface area contributed by atoms with Crippen LogP contribution in [-0.4, -0.2) is 25.7 Å². The Hall–Kier alpha value is -1.70. The van der Waals surface area contributed by atoms with E-state index in [-0.39, 0.29) is 11.4 Å². The molecular formula is C13H17N3O3S. The standard InChI is InChI=1S/C13H17N3O3S/c1-10-13(8-14-16-10)20(17,18)15-7-11-4-3-5-12(6-11)9-19-2/h3-6,8,15H,7,9H2,1-2H3,(H,14,16). The van der Waals surface area contributed by atoms with Gasteiger partial charge in [0.15, 0.2) is 0 Å². The summed E-state index contributed by atoms with van der Waals surface area (Å²) in [6.07, 6.45) is 1.30. The molecule has 2 aromatic rings. The highest BCUT2D eigenvalue weighted by molar-refractivity contribution is 7.89. The van der Waals surface area contributed by atoms with E-state index in [1.807, 2.05) is 24.3 Å². The molecule has 0 amide bonds. The summed E-state index contributed by atoms with van der Waals surface area (Å²) in [5, 5.41) is 6.33. The van der Waals surface area contributed by atoms with Crippen molar-refractivity contribution >= 4 is 10.0 Å². The number of methoxy groups -OCH3 is 1. The first kappa shape index (κ1) is 14.7. The average Bonchev–Trinajstić information content (AvgIpc) is 2.85. The lowest BCUT2D eigenvalue weighted by atomic mass is 10.1. The molecule has 0 saturated carbocycles. The Bertz CT molecular complexity index is 680. The van der Waals surface area contributed by atoms with Gasteiger partial charge in [0.2, 0.25) is 10.0 Å². The zero-order chi connectivity index (χ0) is 14.6. The molecule has 20 heavy (non-hydrogen) atoms. The molecule has 0 aliphatic carbocycles. The third kappa shape index (κ3) is 3.44. The number of nitrogens with one attached hydrogen (secondary N) is 2. The Balaban J connectivity index is 2.09. The fraction of sp³-hybridized carbons (Fsp3) is 0.308. The number of hydrogen-bond acceptors (Lipinski definition) is 4. The minimum absolute atomic E-state index is 0.172. The van der Waals surface area contributed by atoms with Gasteiger partial charge in [0, 0.05) is 13.7 Å². The Morgan fingerprint density at radius 2 is 2.10 bits per heavy atom. The van der Waals surface area contributed by atoms with Crippen LogP contribution in [0.4, 0.5) is 0 Å². The molecule has 1 aromatic heterocycles. The molecular weight excluding hydrogens is 278 g/mol. The summed E-state index contributed by atoms with van der Waals surface area (Å²) in [6, 6.07) is 7.58. The quantitative estimate of drug-likeness (QED) is 0.842. The normalized spacial score (nSPS) is 11.7. The van der Waals surface area contributed by atoms with Gasteiger partial charge in [-0.3, -0.25) is 5.10 Å². The average molecular weight is 295 g/mol. The van der Waals surface area contributed by atoms with E-state index >= 15 is 0 Å². The Labute approximate surface area is 118 Å². The van der Waals surface area contributed by atoms with E-state index in [0.717, 1.165) is 11.1 Å². The molecule has 6 nitrogen and oxygen atoms in total. The molecule has 0 bridgehead atoms. The lowest BCUT2D eigenvalue weighted by molar-refractivity contribution is 0.185. The number of aromatic nitrogens is 2. The van der Waals surface area contributed by atoms with Crippen LogP contribution in [0, 0.1) is 6.92 Å². The number of nitrogens with zero attached hydrogens (tertiary/aromatic N) is 1. The number of aryl methyl sites for hydroxylation is 1. The van der Waals surface area contributed by atoms with Gasteiger partial charge in [-0.25, -0.2) is 13.1 Å². The Morgan fingerprint density at radius 1 is 1.35 bits per heavy atom. The molecule has 2 N–H and O–H groups in total. The van der Waals surface area contributed by atoms with Crippen LogP contribution < -0.4 is 4.72 Å². The van der Waals surface area contributed by atoms with Gasteiger partial charge < -0.3 is 4.74 Å². The third-order valence-electron chi connectivity index (χ3n) is 2.84. The monoisotopic (exact) mass is 295 g/mol. The van der Waals surface area contributed by atoms with Crippen LogP contribution >= 0.6 is 0 Å². The first-order chi connectivity index (χ1) is 9.53. The van der Waals surface area contributed by atoms with Crippen molar-refractivity contribution in [3.8, 4) is 0 Å². The van der Waals surface area contributed by atoms with E-state index < -0.39 is 10.0 Å². The van der Waals surface area contributed by atoms with E-state index in [1.54, 1.807) is 14.0 Å². The largest absolute Gasteiger partial charge is 0.380 e. The second-order valence-electron chi connectivity index (χ2n) is 4.44. The predicted molar refractivity (Wildman–Crippen MR) is 74.5 cm³/mol. The summed E-state index contributed by atoms with van der Waals surface area (Å²) in [5.74, 6) is 0. The van der Waals surface area contributed by atoms with Crippen molar-refractivity contribution in [3.05, 3.63) is 47.3 Å². The van der Waals surface area contributed by atoms with E-state index in [0.29, 0.717) is 12.3 Å². The zero-order valence-corrected chi connectivity index (χ0v) is 12.2. The van der Waals surface area contributed by atoms with Crippen molar-refractivity contribution in [3.63, 3.8) is 0 Å². The van der Waals surface area contributed by atoms with Crippen LogP contribution in [-0.2, 0) is 27.9 Å². The van der Waals surface area contributed by atoms with Crippen LogP contribution in [0.1, 0.15) is 16.8 Å². The van der Waals surface area contributed by atoms with Gasteiger partial charge in [0.25, 0.3) is 0 Å². The maximum atomic E-state index is 12.1. The molecule has 0 aliphatic rings. The minimum Gasteiger partial charge on any atom is -0.380 e. The Kier molecular flexibility index (Phi) is 4.53. The molecule has 1 heterocycles. The molecule has 108 valence electrons. The van der Waals surface area contributed by atoms with E-state index in [9.17, 15) is 8.42 Å².